The number of hydrogen-bond donors (Lipinski definition) is 1. The largest absolute Gasteiger partial charge is 0.326 e. The lowest BCUT2D eigenvalue weighted by atomic mass is 10.1. The molecule has 90 valence electrons. The summed E-state index contributed by atoms with van der Waals surface area (Å²) in [6, 6.07) is 12.9. The van der Waals surface area contributed by atoms with E-state index in [1.54, 1.807) is 11.3 Å². The first-order valence-corrected chi connectivity index (χ1v) is 7.63. The molecule has 1 aromatic carbocycles. The van der Waals surface area contributed by atoms with E-state index in [1.807, 2.05) is 17.8 Å². The van der Waals surface area contributed by atoms with Crippen LogP contribution in [0, 0.1) is 0 Å². The average Bonchev–Trinajstić information content (AvgIpc) is 2.90. The molecule has 0 saturated heterocycles. The number of benzene rings is 1. The van der Waals surface area contributed by atoms with E-state index in [-0.39, 0.29) is 6.04 Å². The lowest BCUT2D eigenvalue weighted by molar-refractivity contribution is 0.635. The quantitative estimate of drug-likeness (QED) is 0.813. The van der Waals surface area contributed by atoms with E-state index in [2.05, 4.69) is 48.0 Å². The Morgan fingerprint density at radius 2 is 2.00 bits per heavy atom. The molecule has 2 rings (SSSR count). The summed E-state index contributed by atoms with van der Waals surface area (Å²) >= 11 is 3.60. The predicted molar refractivity (Wildman–Crippen MR) is 77.6 cm³/mol. The fourth-order valence-corrected chi connectivity index (χ4v) is 3.74. The standard InChI is InChI=1S/C14H17NS2/c1-2-13(15)14(11-8-9-16-10-11)17-12-6-4-3-5-7-12/h3-10,13-14H,2,15H2,1H3. The van der Waals surface area contributed by atoms with Gasteiger partial charge in [-0.3, -0.25) is 0 Å². The summed E-state index contributed by atoms with van der Waals surface area (Å²) in [5.41, 5.74) is 7.59. The van der Waals surface area contributed by atoms with E-state index >= 15 is 0 Å². The van der Waals surface area contributed by atoms with Crippen molar-refractivity contribution in [3.63, 3.8) is 0 Å². The molecule has 0 fully saturated rings. The molecule has 2 aromatic rings. The summed E-state index contributed by atoms with van der Waals surface area (Å²) in [6.45, 7) is 2.15. The highest BCUT2D eigenvalue weighted by atomic mass is 32.2. The molecule has 2 N–H and O–H groups in total. The zero-order valence-corrected chi connectivity index (χ0v) is 11.5. The molecule has 3 heteroatoms. The number of nitrogens with two attached hydrogens (primary N) is 1. The second kappa shape index (κ2) is 6.24. The Morgan fingerprint density at radius 1 is 1.24 bits per heavy atom. The van der Waals surface area contributed by atoms with Crippen molar-refractivity contribution in [2.75, 3.05) is 0 Å². The first kappa shape index (κ1) is 12.7. The minimum atomic E-state index is 0.204. The number of rotatable bonds is 5. The van der Waals surface area contributed by atoms with Gasteiger partial charge in [0.2, 0.25) is 0 Å². The van der Waals surface area contributed by atoms with E-state index in [1.165, 1.54) is 10.5 Å². The molecule has 1 nitrogen and oxygen atoms in total. The van der Waals surface area contributed by atoms with Crippen LogP contribution in [0.3, 0.4) is 0 Å². The maximum Gasteiger partial charge on any atom is 0.0503 e. The van der Waals surface area contributed by atoms with E-state index in [0.717, 1.165) is 6.42 Å². The monoisotopic (exact) mass is 263 g/mol. The number of thiophene rings is 1. The zero-order chi connectivity index (χ0) is 12.1. The molecule has 0 bridgehead atoms. The van der Waals surface area contributed by atoms with Gasteiger partial charge in [-0.2, -0.15) is 11.3 Å². The smallest absolute Gasteiger partial charge is 0.0503 e. The zero-order valence-electron chi connectivity index (χ0n) is 9.87. The van der Waals surface area contributed by atoms with Gasteiger partial charge in [0.1, 0.15) is 0 Å². The Morgan fingerprint density at radius 3 is 2.59 bits per heavy atom. The maximum absolute atomic E-state index is 6.24. The molecule has 2 atom stereocenters. The van der Waals surface area contributed by atoms with Crippen molar-refractivity contribution in [1.82, 2.24) is 0 Å². The van der Waals surface area contributed by atoms with Gasteiger partial charge < -0.3 is 5.73 Å². The van der Waals surface area contributed by atoms with Crippen LogP contribution in [0.4, 0.5) is 0 Å². The molecule has 0 aliphatic rings. The minimum absolute atomic E-state index is 0.204. The predicted octanol–water partition coefficient (Wildman–Crippen LogP) is 4.32. The van der Waals surface area contributed by atoms with Crippen molar-refractivity contribution in [2.45, 2.75) is 29.5 Å². The van der Waals surface area contributed by atoms with Gasteiger partial charge in [-0.05, 0) is 40.9 Å². The first-order chi connectivity index (χ1) is 8.31. The number of thioether (sulfide) groups is 1. The van der Waals surface area contributed by atoms with Gasteiger partial charge in [-0.1, -0.05) is 25.1 Å². The third-order valence-electron chi connectivity index (χ3n) is 2.74. The van der Waals surface area contributed by atoms with Crippen LogP contribution < -0.4 is 5.73 Å². The van der Waals surface area contributed by atoms with Crippen LogP contribution in [-0.2, 0) is 0 Å². The van der Waals surface area contributed by atoms with Gasteiger partial charge in [-0.25, -0.2) is 0 Å². The summed E-state index contributed by atoms with van der Waals surface area (Å²) in [5, 5.41) is 4.68. The van der Waals surface area contributed by atoms with Crippen LogP contribution in [-0.4, -0.2) is 6.04 Å². The molecule has 0 radical (unpaired) electrons. The Hall–Kier alpha value is -0.770. The first-order valence-electron chi connectivity index (χ1n) is 5.80. The molecule has 0 amide bonds. The molecular formula is C14H17NS2. The van der Waals surface area contributed by atoms with Crippen molar-refractivity contribution >= 4 is 23.1 Å². The maximum atomic E-state index is 6.24. The summed E-state index contributed by atoms with van der Waals surface area (Å²) in [6.07, 6.45) is 1.00. The highest BCUT2D eigenvalue weighted by molar-refractivity contribution is 7.99. The summed E-state index contributed by atoms with van der Waals surface area (Å²) < 4.78 is 0. The van der Waals surface area contributed by atoms with Crippen LogP contribution in [0.15, 0.2) is 52.1 Å². The van der Waals surface area contributed by atoms with Crippen molar-refractivity contribution in [3.05, 3.63) is 52.7 Å². The van der Waals surface area contributed by atoms with E-state index in [0.29, 0.717) is 5.25 Å². The molecule has 1 aromatic heterocycles. The topological polar surface area (TPSA) is 26.0 Å². The molecule has 1 heterocycles. The van der Waals surface area contributed by atoms with Gasteiger partial charge in [0.05, 0.1) is 5.25 Å². The lowest BCUT2D eigenvalue weighted by Gasteiger charge is -2.21. The van der Waals surface area contributed by atoms with Crippen LogP contribution >= 0.6 is 23.1 Å². The Balaban J connectivity index is 2.17. The SMILES string of the molecule is CCC(N)C(Sc1ccccc1)c1ccsc1. The van der Waals surface area contributed by atoms with Gasteiger partial charge in [-0.15, -0.1) is 11.8 Å². The van der Waals surface area contributed by atoms with Crippen LogP contribution in [0.5, 0.6) is 0 Å². The van der Waals surface area contributed by atoms with Crippen molar-refractivity contribution < 1.29 is 0 Å². The minimum Gasteiger partial charge on any atom is -0.326 e. The summed E-state index contributed by atoms with van der Waals surface area (Å²) in [7, 11) is 0. The van der Waals surface area contributed by atoms with Crippen LogP contribution in [0.2, 0.25) is 0 Å². The third-order valence-corrected chi connectivity index (χ3v) is 4.86. The highest BCUT2D eigenvalue weighted by Gasteiger charge is 2.20. The number of hydrogen-bond acceptors (Lipinski definition) is 3. The van der Waals surface area contributed by atoms with Crippen molar-refractivity contribution in [1.29, 1.82) is 0 Å². The highest BCUT2D eigenvalue weighted by Crippen LogP contribution is 2.38. The average molecular weight is 263 g/mol. The second-order valence-corrected chi connectivity index (χ2v) is 5.98. The fraction of sp³-hybridized carbons (Fsp3) is 0.286. The molecule has 0 spiro atoms. The van der Waals surface area contributed by atoms with E-state index in [4.69, 9.17) is 5.73 Å². The van der Waals surface area contributed by atoms with Gasteiger partial charge in [0, 0.05) is 10.9 Å². The van der Waals surface area contributed by atoms with Gasteiger partial charge in [0.15, 0.2) is 0 Å². The van der Waals surface area contributed by atoms with E-state index < -0.39 is 0 Å². The normalized spacial score (nSPS) is 14.5. The summed E-state index contributed by atoms with van der Waals surface area (Å²) in [4.78, 5) is 1.28. The van der Waals surface area contributed by atoms with Crippen LogP contribution in [0.25, 0.3) is 0 Å². The molecule has 17 heavy (non-hydrogen) atoms. The Bertz CT molecular complexity index is 425. The second-order valence-electron chi connectivity index (χ2n) is 3.98. The molecule has 0 aliphatic carbocycles. The molecule has 0 saturated carbocycles. The molecular weight excluding hydrogens is 246 g/mol. The van der Waals surface area contributed by atoms with Crippen LogP contribution in [0.1, 0.15) is 24.2 Å². The molecule has 2 unspecified atom stereocenters. The Kier molecular flexibility index (Phi) is 4.66. The fourth-order valence-electron chi connectivity index (χ4n) is 1.70. The Labute approximate surface area is 111 Å². The third kappa shape index (κ3) is 3.35. The summed E-state index contributed by atoms with van der Waals surface area (Å²) in [5.74, 6) is 0. The van der Waals surface area contributed by atoms with Crippen molar-refractivity contribution in [2.24, 2.45) is 5.73 Å². The lowest BCUT2D eigenvalue weighted by Crippen LogP contribution is -2.25. The van der Waals surface area contributed by atoms with E-state index in [9.17, 15) is 0 Å². The van der Waals surface area contributed by atoms with Gasteiger partial charge in [0.25, 0.3) is 0 Å². The molecule has 0 aliphatic heterocycles. The van der Waals surface area contributed by atoms with Crippen molar-refractivity contribution in [3.8, 4) is 0 Å². The van der Waals surface area contributed by atoms with Gasteiger partial charge >= 0.3 is 0 Å².